The van der Waals surface area contributed by atoms with Crippen molar-refractivity contribution >= 4 is 17.9 Å². The highest BCUT2D eigenvalue weighted by Crippen LogP contribution is 2.18. The van der Waals surface area contributed by atoms with Crippen LogP contribution in [0.3, 0.4) is 0 Å². The van der Waals surface area contributed by atoms with Crippen LogP contribution in [0.4, 0.5) is 0 Å². The van der Waals surface area contributed by atoms with E-state index in [1.165, 1.54) is 238 Å². The number of ether oxygens (including phenoxy) is 3. The van der Waals surface area contributed by atoms with Crippen molar-refractivity contribution in [1.82, 2.24) is 0 Å². The molecule has 1 atom stereocenters. The molecule has 6 nitrogen and oxygen atoms in total. The summed E-state index contributed by atoms with van der Waals surface area (Å²) in [5, 5.41) is 0. The van der Waals surface area contributed by atoms with E-state index in [4.69, 9.17) is 14.2 Å². The van der Waals surface area contributed by atoms with Gasteiger partial charge in [0, 0.05) is 19.3 Å². The van der Waals surface area contributed by atoms with E-state index < -0.39 is 6.10 Å². The minimum atomic E-state index is -0.773. The fourth-order valence-corrected chi connectivity index (χ4v) is 9.65. The number of esters is 3. The maximum Gasteiger partial charge on any atom is 0.306 e. The fourth-order valence-electron chi connectivity index (χ4n) is 9.65. The van der Waals surface area contributed by atoms with Crippen molar-refractivity contribution < 1.29 is 28.6 Å². The van der Waals surface area contributed by atoms with Gasteiger partial charge in [0.05, 0.1) is 0 Å². The van der Waals surface area contributed by atoms with Crippen LogP contribution in [0, 0.1) is 0 Å². The second-order valence-corrected chi connectivity index (χ2v) is 21.7. The predicted octanol–water partition coefficient (Wildman–Crippen LogP) is 21.4. The summed E-state index contributed by atoms with van der Waals surface area (Å²) >= 11 is 0. The summed E-state index contributed by atoms with van der Waals surface area (Å²) in [6, 6.07) is 0. The van der Waals surface area contributed by atoms with E-state index in [9.17, 15) is 14.4 Å². The molecule has 0 aromatic carbocycles. The van der Waals surface area contributed by atoms with E-state index in [0.29, 0.717) is 19.3 Å². The van der Waals surface area contributed by atoms with Crippen molar-refractivity contribution in [2.75, 3.05) is 13.2 Å². The maximum atomic E-state index is 12.9. The van der Waals surface area contributed by atoms with E-state index in [0.717, 1.165) is 77.0 Å². The first-order valence-electron chi connectivity index (χ1n) is 31.8. The Hall–Kier alpha value is -2.11. The quantitative estimate of drug-likeness (QED) is 0.0261. The van der Waals surface area contributed by atoms with Crippen LogP contribution >= 0.6 is 0 Å². The van der Waals surface area contributed by atoms with Crippen LogP contribution in [0.25, 0.3) is 0 Å². The number of unbranched alkanes of at least 4 members (excludes halogenated alkanes) is 44. The molecule has 0 heterocycles. The molecule has 0 aliphatic heterocycles. The summed E-state index contributed by atoms with van der Waals surface area (Å²) in [5.74, 6) is -0.856. The molecule has 0 radical (unpaired) electrons. The number of hydrogen-bond acceptors (Lipinski definition) is 6. The van der Waals surface area contributed by atoms with E-state index in [2.05, 4.69) is 45.1 Å². The van der Waals surface area contributed by atoms with Crippen molar-refractivity contribution in [3.63, 3.8) is 0 Å². The maximum absolute atomic E-state index is 12.9. The number of hydrogen-bond donors (Lipinski definition) is 0. The largest absolute Gasteiger partial charge is 0.462 e. The van der Waals surface area contributed by atoms with Crippen molar-refractivity contribution in [2.45, 2.75) is 361 Å². The smallest absolute Gasteiger partial charge is 0.306 e. The summed E-state index contributed by atoms with van der Waals surface area (Å²) in [6.45, 7) is 6.67. The first-order valence-corrected chi connectivity index (χ1v) is 31.8. The molecule has 0 aliphatic carbocycles. The summed E-state index contributed by atoms with van der Waals surface area (Å²) in [5.41, 5.74) is 0. The van der Waals surface area contributed by atoms with Gasteiger partial charge < -0.3 is 14.2 Å². The third-order valence-corrected chi connectivity index (χ3v) is 14.5. The Bertz CT molecular complexity index is 1150. The van der Waals surface area contributed by atoms with Crippen LogP contribution in [0.5, 0.6) is 0 Å². The Morgan fingerprint density at radius 1 is 0.282 bits per heavy atom. The van der Waals surface area contributed by atoms with E-state index in [-0.39, 0.29) is 31.1 Å². The van der Waals surface area contributed by atoms with Crippen molar-refractivity contribution in [3.8, 4) is 0 Å². The molecule has 0 spiro atoms. The van der Waals surface area contributed by atoms with Gasteiger partial charge in [0.2, 0.25) is 0 Å². The first-order chi connectivity index (χ1) is 35.0. The molecule has 6 heteroatoms. The lowest BCUT2D eigenvalue weighted by Crippen LogP contribution is -2.30. The lowest BCUT2D eigenvalue weighted by molar-refractivity contribution is -0.167. The number of rotatable bonds is 59. The molecule has 0 N–H and O–H groups in total. The molecule has 418 valence electrons. The van der Waals surface area contributed by atoms with Gasteiger partial charge in [0.1, 0.15) is 13.2 Å². The molecule has 0 aromatic rings. The van der Waals surface area contributed by atoms with Crippen LogP contribution < -0.4 is 0 Å². The Balaban J connectivity index is 4.30. The van der Waals surface area contributed by atoms with E-state index in [1.54, 1.807) is 0 Å². The first kappa shape index (κ1) is 68.9. The van der Waals surface area contributed by atoms with Gasteiger partial charge in [-0.15, -0.1) is 0 Å². The molecule has 0 saturated carbocycles. The minimum Gasteiger partial charge on any atom is -0.462 e. The standard InChI is InChI=1S/C65H122O6/c1-4-7-10-13-16-19-22-25-28-30-31-32-33-35-38-41-44-47-50-53-56-59-65(68)71-62(60-69-63(66)57-54-51-48-45-42-39-36-27-24-21-18-15-12-9-6-3)61-70-64(67)58-55-52-49-46-43-40-37-34-29-26-23-20-17-14-11-8-5-2/h18,21,27,36,62H,4-17,19-20,22-26,28-35,37-61H2,1-3H3/b21-18-,36-27-/t62-/m1/s1. The van der Waals surface area contributed by atoms with Crippen LogP contribution in [0.1, 0.15) is 355 Å². The Labute approximate surface area is 443 Å². The normalized spacial score (nSPS) is 12.1. The number of allylic oxidation sites excluding steroid dienone is 4. The average Bonchev–Trinajstić information content (AvgIpc) is 3.37. The summed E-state index contributed by atoms with van der Waals surface area (Å²) in [6.07, 6.45) is 71.8. The lowest BCUT2D eigenvalue weighted by atomic mass is 10.0. The SMILES string of the molecule is CCCCC/C=C\C/C=C\CCCCCCCC(=O)OC[C@H](COC(=O)CCCCCCCCCCCCCCCCCCC)OC(=O)CCCCCCCCCCCCCCCCCCCCCCC. The van der Waals surface area contributed by atoms with Gasteiger partial charge in [0.15, 0.2) is 6.10 Å². The highest BCUT2D eigenvalue weighted by molar-refractivity contribution is 5.71. The zero-order valence-corrected chi connectivity index (χ0v) is 48.0. The van der Waals surface area contributed by atoms with Crippen LogP contribution in [0.2, 0.25) is 0 Å². The summed E-state index contributed by atoms with van der Waals surface area (Å²) in [4.78, 5) is 38.3. The molecular formula is C65H122O6. The highest BCUT2D eigenvalue weighted by Gasteiger charge is 2.19. The Morgan fingerprint density at radius 3 is 0.803 bits per heavy atom. The summed E-state index contributed by atoms with van der Waals surface area (Å²) < 4.78 is 16.9. The molecule has 0 bridgehead atoms. The highest BCUT2D eigenvalue weighted by atomic mass is 16.6. The number of carbonyl (C=O) groups is 3. The minimum absolute atomic E-state index is 0.0696. The summed E-state index contributed by atoms with van der Waals surface area (Å²) in [7, 11) is 0. The number of carbonyl (C=O) groups excluding carboxylic acids is 3. The van der Waals surface area contributed by atoms with E-state index in [1.807, 2.05) is 0 Å². The van der Waals surface area contributed by atoms with Gasteiger partial charge in [-0.3, -0.25) is 14.4 Å². The second-order valence-electron chi connectivity index (χ2n) is 21.7. The third-order valence-electron chi connectivity index (χ3n) is 14.5. The monoisotopic (exact) mass is 999 g/mol. The van der Waals surface area contributed by atoms with Crippen LogP contribution in [-0.2, 0) is 28.6 Å². The van der Waals surface area contributed by atoms with Crippen molar-refractivity contribution in [2.24, 2.45) is 0 Å². The van der Waals surface area contributed by atoms with Crippen LogP contribution in [-0.4, -0.2) is 37.2 Å². The lowest BCUT2D eigenvalue weighted by Gasteiger charge is -2.18. The van der Waals surface area contributed by atoms with Crippen molar-refractivity contribution in [3.05, 3.63) is 24.3 Å². The van der Waals surface area contributed by atoms with Gasteiger partial charge in [0.25, 0.3) is 0 Å². The molecule has 0 aromatic heterocycles. The third kappa shape index (κ3) is 58.7. The molecule has 0 amide bonds. The van der Waals surface area contributed by atoms with Gasteiger partial charge >= 0.3 is 17.9 Å². The van der Waals surface area contributed by atoms with Gasteiger partial charge in [-0.05, 0) is 51.4 Å². The van der Waals surface area contributed by atoms with Gasteiger partial charge in [-0.2, -0.15) is 0 Å². The molecule has 71 heavy (non-hydrogen) atoms. The zero-order chi connectivity index (χ0) is 51.4. The average molecular weight is 1000 g/mol. The Kier molecular flexibility index (Phi) is 58.6. The fraction of sp³-hybridized carbons (Fsp3) is 0.892. The zero-order valence-electron chi connectivity index (χ0n) is 48.0. The molecular weight excluding hydrogens is 877 g/mol. The predicted molar refractivity (Wildman–Crippen MR) is 307 cm³/mol. The topological polar surface area (TPSA) is 78.9 Å². The Morgan fingerprint density at radius 2 is 0.507 bits per heavy atom. The molecule has 0 unspecified atom stereocenters. The molecule has 0 aliphatic rings. The van der Waals surface area contributed by atoms with Gasteiger partial charge in [-0.1, -0.05) is 308 Å². The van der Waals surface area contributed by atoms with Crippen molar-refractivity contribution in [1.29, 1.82) is 0 Å². The van der Waals surface area contributed by atoms with E-state index >= 15 is 0 Å². The molecule has 0 saturated heterocycles. The van der Waals surface area contributed by atoms with Gasteiger partial charge in [-0.25, -0.2) is 0 Å². The van der Waals surface area contributed by atoms with Crippen LogP contribution in [0.15, 0.2) is 24.3 Å². The second kappa shape index (κ2) is 60.4. The molecule has 0 fully saturated rings. The molecule has 0 rings (SSSR count).